The molecule has 0 aliphatic rings. The predicted molar refractivity (Wildman–Crippen MR) is 192 cm³/mol. The molecule has 1 N–H and O–H groups in total. The number of ether oxygens (including phenoxy) is 1. The van der Waals surface area contributed by atoms with E-state index in [-0.39, 0.29) is 17.4 Å². The number of hydrogen-bond donors (Lipinski definition) is 1. The van der Waals surface area contributed by atoms with Crippen molar-refractivity contribution in [3.8, 4) is 0 Å². The molecule has 0 saturated carbocycles. The molecule has 0 aliphatic carbocycles. The minimum atomic E-state index is -2.87. The van der Waals surface area contributed by atoms with Crippen molar-refractivity contribution in [3.05, 3.63) is 60.7 Å². The number of unbranched alkanes of at least 4 members (excludes halogenated alkanes) is 12. The van der Waals surface area contributed by atoms with E-state index in [2.05, 4.69) is 57.3 Å². The number of nitrogens with one attached hydrogen (secondary N) is 1. The minimum absolute atomic E-state index is 0.00173. The van der Waals surface area contributed by atoms with Gasteiger partial charge in [0.05, 0.1) is 6.61 Å². The van der Waals surface area contributed by atoms with E-state index in [9.17, 15) is 9.59 Å². The Morgan fingerprint density at radius 1 is 0.667 bits per heavy atom. The topological polar surface area (TPSA) is 64.6 Å². The van der Waals surface area contributed by atoms with Crippen LogP contribution in [0, 0.1) is 0 Å². The normalized spacial score (nSPS) is 13.0. The highest BCUT2D eigenvalue weighted by Crippen LogP contribution is 2.37. The first-order valence-electron chi connectivity index (χ1n) is 17.7. The summed E-state index contributed by atoms with van der Waals surface area (Å²) < 4.78 is 12.6. The smallest absolute Gasteiger partial charge is 0.408 e. The fourth-order valence-electron chi connectivity index (χ4n) is 6.13. The van der Waals surface area contributed by atoms with E-state index >= 15 is 0 Å². The average molecular weight is 638 g/mol. The van der Waals surface area contributed by atoms with Gasteiger partial charge in [0.1, 0.15) is 11.6 Å². The number of amides is 1. The van der Waals surface area contributed by atoms with E-state index in [0.717, 1.165) is 29.6 Å². The van der Waals surface area contributed by atoms with Gasteiger partial charge < -0.3 is 14.5 Å². The third kappa shape index (κ3) is 13.8. The first-order chi connectivity index (χ1) is 21.4. The van der Waals surface area contributed by atoms with Crippen LogP contribution in [0.5, 0.6) is 0 Å². The second kappa shape index (κ2) is 19.9. The maximum atomic E-state index is 13.7. The maximum Gasteiger partial charge on any atom is 0.408 e. The SMILES string of the molecule is CCCCCCCCCCCCCCCC(=O)[C@H](CO[Si](c1ccccc1)(c1ccccc1)C(C)(C)C)NC(=O)OC(C)(C)C. The molecule has 0 bridgehead atoms. The van der Waals surface area contributed by atoms with E-state index in [1.807, 2.05) is 57.2 Å². The van der Waals surface area contributed by atoms with Crippen molar-refractivity contribution in [2.45, 2.75) is 155 Å². The van der Waals surface area contributed by atoms with Gasteiger partial charge in [0.2, 0.25) is 0 Å². The summed E-state index contributed by atoms with van der Waals surface area (Å²) in [4.78, 5) is 26.5. The van der Waals surface area contributed by atoms with E-state index in [4.69, 9.17) is 9.16 Å². The van der Waals surface area contributed by atoms with Gasteiger partial charge in [-0.2, -0.15) is 0 Å². The Hall–Kier alpha value is -2.44. The van der Waals surface area contributed by atoms with Crippen molar-refractivity contribution < 1.29 is 18.8 Å². The summed E-state index contributed by atoms with van der Waals surface area (Å²) in [6, 6.07) is 20.0. The van der Waals surface area contributed by atoms with Crippen molar-refractivity contribution >= 4 is 30.6 Å². The summed E-state index contributed by atoms with van der Waals surface area (Å²) in [6.45, 7) is 14.5. The Morgan fingerprint density at radius 2 is 1.09 bits per heavy atom. The van der Waals surface area contributed by atoms with E-state index < -0.39 is 26.1 Å². The quantitative estimate of drug-likeness (QED) is 0.109. The van der Waals surface area contributed by atoms with Gasteiger partial charge >= 0.3 is 6.09 Å². The molecule has 2 aromatic carbocycles. The summed E-state index contributed by atoms with van der Waals surface area (Å²) in [5, 5.41) is 4.94. The Morgan fingerprint density at radius 3 is 1.49 bits per heavy atom. The van der Waals surface area contributed by atoms with Crippen LogP contribution in [-0.4, -0.2) is 38.4 Å². The van der Waals surface area contributed by atoms with Crippen molar-refractivity contribution in [3.63, 3.8) is 0 Å². The summed E-state index contributed by atoms with van der Waals surface area (Å²) in [5.74, 6) is 0.00173. The molecule has 45 heavy (non-hydrogen) atoms. The van der Waals surface area contributed by atoms with Gasteiger partial charge in [-0.05, 0) is 42.6 Å². The highest BCUT2D eigenvalue weighted by molar-refractivity contribution is 6.99. The molecule has 0 aromatic heterocycles. The van der Waals surface area contributed by atoms with Crippen molar-refractivity contribution in [2.75, 3.05) is 6.61 Å². The van der Waals surface area contributed by atoms with Gasteiger partial charge in [0, 0.05) is 6.42 Å². The lowest BCUT2D eigenvalue weighted by Crippen LogP contribution is -2.67. The van der Waals surface area contributed by atoms with Gasteiger partial charge in [-0.3, -0.25) is 4.79 Å². The molecule has 6 heteroatoms. The second-order valence-corrected chi connectivity index (χ2v) is 18.9. The zero-order valence-corrected chi connectivity index (χ0v) is 30.6. The molecule has 0 saturated heterocycles. The largest absolute Gasteiger partial charge is 0.444 e. The molecular formula is C39H63NO4Si. The van der Waals surface area contributed by atoms with Gasteiger partial charge in [-0.25, -0.2) is 4.79 Å². The monoisotopic (exact) mass is 637 g/mol. The van der Waals surface area contributed by atoms with Gasteiger partial charge in [-0.15, -0.1) is 0 Å². The van der Waals surface area contributed by atoms with Crippen LogP contribution in [0.1, 0.15) is 138 Å². The van der Waals surface area contributed by atoms with Crippen molar-refractivity contribution in [2.24, 2.45) is 0 Å². The molecular weight excluding hydrogens is 575 g/mol. The zero-order chi connectivity index (χ0) is 33.2. The molecule has 0 aliphatic heterocycles. The lowest BCUT2D eigenvalue weighted by molar-refractivity contribution is -0.122. The zero-order valence-electron chi connectivity index (χ0n) is 29.6. The maximum absolute atomic E-state index is 13.7. The van der Waals surface area contributed by atoms with Crippen LogP contribution in [0.15, 0.2) is 60.7 Å². The summed E-state index contributed by atoms with van der Waals surface area (Å²) >= 11 is 0. The third-order valence-corrected chi connectivity index (χ3v) is 13.5. The Balaban J connectivity index is 2.04. The van der Waals surface area contributed by atoms with E-state index in [1.165, 1.54) is 64.2 Å². The standard InChI is InChI=1S/C39H63NO4Si/c1-8-9-10-11-12-13-14-15-16-17-18-19-26-31-36(41)35(40-37(42)44-38(2,3)4)32-43-45(39(5,6)7,33-27-22-20-23-28-33)34-29-24-21-25-30-34/h20-25,27-30,35H,8-19,26,31-32H2,1-7H3,(H,40,42)/t35-/m0/s1. The fraction of sp³-hybridized carbons (Fsp3) is 0.641. The number of benzene rings is 2. The van der Waals surface area contributed by atoms with Crippen LogP contribution >= 0.6 is 0 Å². The number of hydrogen-bond acceptors (Lipinski definition) is 4. The molecule has 0 fully saturated rings. The highest BCUT2D eigenvalue weighted by Gasteiger charge is 2.50. The highest BCUT2D eigenvalue weighted by atomic mass is 28.4. The van der Waals surface area contributed by atoms with Crippen LogP contribution in [0.4, 0.5) is 4.79 Å². The molecule has 0 unspecified atom stereocenters. The molecule has 0 spiro atoms. The molecule has 0 heterocycles. The molecule has 2 aromatic rings. The molecule has 1 atom stereocenters. The van der Waals surface area contributed by atoms with E-state index in [0.29, 0.717) is 6.42 Å². The van der Waals surface area contributed by atoms with Crippen LogP contribution in [0.25, 0.3) is 0 Å². The third-order valence-electron chi connectivity index (χ3n) is 8.49. The fourth-order valence-corrected chi connectivity index (χ4v) is 10.7. The van der Waals surface area contributed by atoms with Gasteiger partial charge in [0.25, 0.3) is 8.32 Å². The van der Waals surface area contributed by atoms with Gasteiger partial charge in [-0.1, -0.05) is 165 Å². The predicted octanol–water partition coefficient (Wildman–Crippen LogP) is 9.51. The average Bonchev–Trinajstić information content (AvgIpc) is 2.98. The van der Waals surface area contributed by atoms with Crippen molar-refractivity contribution in [1.29, 1.82) is 0 Å². The Kier molecular flexibility index (Phi) is 17.2. The number of ketones is 1. The summed E-state index contributed by atoms with van der Waals surface area (Å²) in [7, 11) is -2.87. The molecule has 5 nitrogen and oxygen atoms in total. The first kappa shape index (κ1) is 38.7. The number of carbonyl (C=O) groups excluding carboxylic acids is 2. The number of alkyl carbamates (subject to hydrolysis) is 1. The summed E-state index contributed by atoms with van der Waals surface area (Å²) in [6.07, 6.45) is 16.2. The molecule has 2 rings (SSSR count). The van der Waals surface area contributed by atoms with Crippen LogP contribution in [0.2, 0.25) is 5.04 Å². The van der Waals surface area contributed by atoms with Crippen LogP contribution < -0.4 is 15.7 Å². The minimum Gasteiger partial charge on any atom is -0.444 e. The van der Waals surface area contributed by atoms with Crippen molar-refractivity contribution in [1.82, 2.24) is 5.32 Å². The second-order valence-electron chi connectivity index (χ2n) is 14.6. The number of Topliss-reactive ketones (excluding diaryl/α,β-unsaturated/α-hetero) is 1. The molecule has 252 valence electrons. The van der Waals surface area contributed by atoms with Crippen LogP contribution in [0.3, 0.4) is 0 Å². The van der Waals surface area contributed by atoms with Crippen LogP contribution in [-0.2, 0) is 14.0 Å². The molecule has 0 radical (unpaired) electrons. The number of rotatable bonds is 21. The Bertz CT molecular complexity index is 1050. The Labute approximate surface area is 276 Å². The van der Waals surface area contributed by atoms with E-state index in [1.54, 1.807) is 0 Å². The lowest BCUT2D eigenvalue weighted by atomic mass is 10.0. The number of carbonyl (C=O) groups is 2. The lowest BCUT2D eigenvalue weighted by Gasteiger charge is -2.43. The van der Waals surface area contributed by atoms with Gasteiger partial charge in [0.15, 0.2) is 5.78 Å². The molecule has 1 amide bonds. The first-order valence-corrected chi connectivity index (χ1v) is 19.6. The summed E-state index contributed by atoms with van der Waals surface area (Å²) in [5.41, 5.74) is -0.661.